The average molecular weight is 440 g/mol. The Morgan fingerprint density at radius 1 is 1.07 bits per heavy atom. The number of rotatable bonds is 4. The summed E-state index contributed by atoms with van der Waals surface area (Å²) in [6, 6.07) is 6.94. The highest BCUT2D eigenvalue weighted by molar-refractivity contribution is 7.90. The third-order valence-electron chi connectivity index (χ3n) is 4.04. The van der Waals surface area contributed by atoms with Crippen molar-refractivity contribution < 1.29 is 31.2 Å². The number of pyridine rings is 1. The normalized spacial score (nSPS) is 12.0. The van der Waals surface area contributed by atoms with Crippen LogP contribution in [0.5, 0.6) is 0 Å². The van der Waals surface area contributed by atoms with Crippen molar-refractivity contribution in [2.24, 2.45) is 0 Å². The molecule has 3 rings (SSSR count). The predicted octanol–water partition coefficient (Wildman–Crippen LogP) is 2.74. The number of halogens is 3. The lowest BCUT2D eigenvalue weighted by molar-refractivity contribution is -0.137. The van der Waals surface area contributed by atoms with E-state index >= 15 is 0 Å². The number of nitrogens with one attached hydrogen (secondary N) is 2. The molecule has 0 aliphatic rings. The molecule has 0 unspecified atom stereocenters. The molecular formula is C18H15F3N4O4S. The van der Waals surface area contributed by atoms with Crippen molar-refractivity contribution in [3.05, 3.63) is 59.5 Å². The second kappa shape index (κ2) is 7.44. The molecule has 2 aromatic heterocycles. The maximum absolute atomic E-state index is 13.0. The lowest BCUT2D eigenvalue weighted by atomic mass is 10.2. The van der Waals surface area contributed by atoms with Gasteiger partial charge in [0.2, 0.25) is 5.91 Å². The lowest BCUT2D eigenvalue weighted by Gasteiger charge is -2.10. The van der Waals surface area contributed by atoms with Gasteiger partial charge in [-0.2, -0.15) is 13.2 Å². The summed E-state index contributed by atoms with van der Waals surface area (Å²) in [4.78, 5) is 27.5. The molecule has 2 N–H and O–H groups in total. The summed E-state index contributed by atoms with van der Waals surface area (Å²) in [5.41, 5.74) is -0.442. The van der Waals surface area contributed by atoms with Crippen LogP contribution in [-0.2, 0) is 21.0 Å². The first-order valence-corrected chi connectivity index (χ1v) is 9.87. The number of benzene rings is 1. The maximum atomic E-state index is 13.0. The number of carbonyl (C=O) groups excluding carboxylic acids is 2. The van der Waals surface area contributed by atoms with Crippen molar-refractivity contribution in [3.8, 4) is 0 Å². The first-order valence-electron chi connectivity index (χ1n) is 8.39. The fraction of sp³-hybridized carbons (Fsp3) is 0.167. The standard InChI is InChI=1S/C18H15F3N4O4S/c1-10-16(25-9-12(18(19,20)21)3-8-15(25)22-10)17(27)23-13-4-6-14(7-5-13)30(28,29)24-11(2)26/h3-9H,1-2H3,(H,23,27)(H,24,26). The van der Waals surface area contributed by atoms with Crippen molar-refractivity contribution in [2.45, 2.75) is 24.9 Å². The SMILES string of the molecule is CC(=O)NS(=O)(=O)c1ccc(NC(=O)c2c(C)nc3ccc(C(F)(F)F)cn23)cc1. The molecule has 0 atom stereocenters. The van der Waals surface area contributed by atoms with E-state index in [1.54, 1.807) is 4.72 Å². The zero-order chi connectivity index (χ0) is 22.3. The molecule has 0 spiro atoms. The number of carbonyl (C=O) groups is 2. The number of hydrogen-bond acceptors (Lipinski definition) is 5. The number of hydrogen-bond donors (Lipinski definition) is 2. The molecule has 0 aliphatic heterocycles. The molecule has 30 heavy (non-hydrogen) atoms. The lowest BCUT2D eigenvalue weighted by Crippen LogP contribution is -2.28. The summed E-state index contributed by atoms with van der Waals surface area (Å²) in [5, 5.41) is 2.49. The van der Waals surface area contributed by atoms with Gasteiger partial charge in [0.15, 0.2) is 0 Å². The topological polar surface area (TPSA) is 110 Å². The van der Waals surface area contributed by atoms with Gasteiger partial charge in [-0.15, -0.1) is 0 Å². The van der Waals surface area contributed by atoms with Crippen molar-refractivity contribution in [3.63, 3.8) is 0 Å². The summed E-state index contributed by atoms with van der Waals surface area (Å²) in [6.07, 6.45) is -3.80. The molecule has 1 aromatic carbocycles. The van der Waals surface area contributed by atoms with E-state index in [0.29, 0.717) is 0 Å². The van der Waals surface area contributed by atoms with Crippen molar-refractivity contribution in [1.82, 2.24) is 14.1 Å². The second-order valence-electron chi connectivity index (χ2n) is 6.33. The molecule has 158 valence electrons. The van der Waals surface area contributed by atoms with Crippen LogP contribution in [0.4, 0.5) is 18.9 Å². The van der Waals surface area contributed by atoms with E-state index in [2.05, 4.69) is 10.3 Å². The summed E-state index contributed by atoms with van der Waals surface area (Å²) >= 11 is 0. The van der Waals surface area contributed by atoms with Gasteiger partial charge in [0, 0.05) is 18.8 Å². The first-order chi connectivity index (χ1) is 13.9. The van der Waals surface area contributed by atoms with Gasteiger partial charge in [-0.05, 0) is 43.3 Å². The monoisotopic (exact) mass is 440 g/mol. The van der Waals surface area contributed by atoms with Crippen LogP contribution in [0.2, 0.25) is 0 Å². The van der Waals surface area contributed by atoms with Gasteiger partial charge in [0.25, 0.3) is 15.9 Å². The zero-order valence-electron chi connectivity index (χ0n) is 15.6. The van der Waals surface area contributed by atoms with Gasteiger partial charge in [0.1, 0.15) is 11.3 Å². The molecular weight excluding hydrogens is 425 g/mol. The van der Waals surface area contributed by atoms with E-state index in [-0.39, 0.29) is 27.6 Å². The predicted molar refractivity (Wildman–Crippen MR) is 100 cm³/mol. The minimum absolute atomic E-state index is 0.0916. The van der Waals surface area contributed by atoms with Crippen LogP contribution in [0, 0.1) is 6.92 Å². The smallest absolute Gasteiger partial charge is 0.321 e. The molecule has 0 saturated heterocycles. The van der Waals surface area contributed by atoms with E-state index in [1.165, 1.54) is 31.2 Å². The molecule has 0 fully saturated rings. The average Bonchev–Trinajstić information content (AvgIpc) is 2.95. The fourth-order valence-corrected chi connectivity index (χ4v) is 3.75. The molecule has 2 amide bonds. The molecule has 12 heteroatoms. The number of sulfonamides is 1. The number of imidazole rings is 1. The Labute approximate surface area is 168 Å². The molecule has 0 bridgehead atoms. The molecule has 0 saturated carbocycles. The Morgan fingerprint density at radius 3 is 2.27 bits per heavy atom. The van der Waals surface area contributed by atoms with Crippen molar-refractivity contribution in [1.29, 1.82) is 0 Å². The highest BCUT2D eigenvalue weighted by Crippen LogP contribution is 2.30. The number of nitrogens with zero attached hydrogens (tertiary/aromatic N) is 2. The van der Waals surface area contributed by atoms with Crippen LogP contribution < -0.4 is 10.0 Å². The Balaban J connectivity index is 1.90. The molecule has 3 aromatic rings. The van der Waals surface area contributed by atoms with Gasteiger partial charge in [-0.25, -0.2) is 18.1 Å². The van der Waals surface area contributed by atoms with Crippen LogP contribution in [0.1, 0.15) is 28.7 Å². The molecule has 0 aliphatic carbocycles. The molecule has 2 heterocycles. The van der Waals surface area contributed by atoms with E-state index in [1.807, 2.05) is 0 Å². The van der Waals surface area contributed by atoms with Gasteiger partial charge >= 0.3 is 6.18 Å². The third-order valence-corrected chi connectivity index (χ3v) is 5.48. The van der Waals surface area contributed by atoms with E-state index in [4.69, 9.17) is 0 Å². The Kier molecular flexibility index (Phi) is 5.29. The largest absolute Gasteiger partial charge is 0.417 e. The Bertz CT molecular complexity index is 1250. The Hall–Kier alpha value is -3.41. The van der Waals surface area contributed by atoms with E-state index < -0.39 is 33.6 Å². The summed E-state index contributed by atoms with van der Waals surface area (Å²) in [7, 11) is -4.04. The van der Waals surface area contributed by atoms with Crippen molar-refractivity contribution in [2.75, 3.05) is 5.32 Å². The van der Waals surface area contributed by atoms with Gasteiger partial charge < -0.3 is 5.32 Å². The molecule has 0 radical (unpaired) electrons. The second-order valence-corrected chi connectivity index (χ2v) is 8.01. The Morgan fingerprint density at radius 2 is 1.70 bits per heavy atom. The fourth-order valence-electron chi connectivity index (χ4n) is 2.76. The highest BCUT2D eigenvalue weighted by atomic mass is 32.2. The first kappa shape index (κ1) is 21.3. The van der Waals surface area contributed by atoms with Crippen LogP contribution in [0.25, 0.3) is 5.65 Å². The number of fused-ring (bicyclic) bond motifs is 1. The summed E-state index contributed by atoms with van der Waals surface area (Å²) in [5.74, 6) is -1.48. The zero-order valence-corrected chi connectivity index (χ0v) is 16.4. The summed E-state index contributed by atoms with van der Waals surface area (Å²) < 4.78 is 65.8. The summed E-state index contributed by atoms with van der Waals surface area (Å²) in [6.45, 7) is 2.53. The number of aryl methyl sites for hydroxylation is 1. The van der Waals surface area contributed by atoms with E-state index in [0.717, 1.165) is 29.7 Å². The van der Waals surface area contributed by atoms with Gasteiger partial charge in [0.05, 0.1) is 16.2 Å². The van der Waals surface area contributed by atoms with Crippen LogP contribution in [-0.4, -0.2) is 29.6 Å². The minimum atomic E-state index is -4.59. The van der Waals surface area contributed by atoms with Gasteiger partial charge in [-0.1, -0.05) is 0 Å². The van der Waals surface area contributed by atoms with E-state index in [9.17, 15) is 31.2 Å². The number of alkyl halides is 3. The van der Waals surface area contributed by atoms with Crippen LogP contribution >= 0.6 is 0 Å². The van der Waals surface area contributed by atoms with Crippen molar-refractivity contribution >= 4 is 33.2 Å². The number of amides is 2. The van der Waals surface area contributed by atoms with Crippen LogP contribution in [0.3, 0.4) is 0 Å². The number of aromatic nitrogens is 2. The highest BCUT2D eigenvalue weighted by Gasteiger charge is 2.31. The number of anilines is 1. The van der Waals surface area contributed by atoms with Gasteiger partial charge in [-0.3, -0.25) is 14.0 Å². The minimum Gasteiger partial charge on any atom is -0.321 e. The van der Waals surface area contributed by atoms with Crippen LogP contribution in [0.15, 0.2) is 47.5 Å². The maximum Gasteiger partial charge on any atom is 0.417 e. The third kappa shape index (κ3) is 4.27. The quantitative estimate of drug-likeness (QED) is 0.648. The molecule has 8 nitrogen and oxygen atoms in total.